The van der Waals surface area contributed by atoms with Crippen LogP contribution in [0.25, 0.3) is 0 Å². The fraction of sp³-hybridized carbons (Fsp3) is 0.400. The molecule has 0 fully saturated rings. The third-order valence-electron chi connectivity index (χ3n) is 2.52. The number of alkyl halides is 1. The highest BCUT2D eigenvalue weighted by Gasteiger charge is 2.29. The zero-order chi connectivity index (χ0) is 9.59. The Morgan fingerprint density at radius 2 is 2.08 bits per heavy atom. The predicted octanol–water partition coefficient (Wildman–Crippen LogP) is 3.59. The van der Waals surface area contributed by atoms with Crippen molar-refractivity contribution in [2.45, 2.75) is 18.2 Å². The second-order valence-electron chi connectivity index (χ2n) is 3.54. The van der Waals surface area contributed by atoms with E-state index in [4.69, 9.17) is 0 Å². The Balaban J connectivity index is 2.57. The molecule has 0 amide bonds. The maximum Gasteiger partial charge on any atom is 0.129 e. The normalized spacial score (nSPS) is 26.2. The minimum atomic E-state index is -0.491. The van der Waals surface area contributed by atoms with Crippen LogP contribution in [0.4, 0.5) is 8.78 Å². The molecule has 1 aliphatic rings. The fourth-order valence-electron chi connectivity index (χ4n) is 1.82. The fourth-order valence-corrected chi connectivity index (χ4v) is 2.41. The van der Waals surface area contributed by atoms with Crippen molar-refractivity contribution in [1.29, 1.82) is 0 Å². The second kappa shape index (κ2) is 3.05. The van der Waals surface area contributed by atoms with E-state index in [9.17, 15) is 8.78 Å². The number of rotatable bonds is 0. The van der Waals surface area contributed by atoms with Crippen molar-refractivity contribution in [1.82, 2.24) is 0 Å². The topological polar surface area (TPSA) is 0 Å². The summed E-state index contributed by atoms with van der Waals surface area (Å²) < 4.78 is 26.1. The lowest BCUT2D eigenvalue weighted by molar-refractivity contribution is 0.567. The van der Waals surface area contributed by atoms with Crippen molar-refractivity contribution in [3.8, 4) is 0 Å². The highest BCUT2D eigenvalue weighted by atomic mass is 79.9. The van der Waals surface area contributed by atoms with Gasteiger partial charge in [0.1, 0.15) is 11.6 Å². The molecule has 0 heterocycles. The highest BCUT2D eigenvalue weighted by molar-refractivity contribution is 9.09. The molecule has 70 valence electrons. The van der Waals surface area contributed by atoms with E-state index in [1.807, 2.05) is 6.92 Å². The first-order valence-corrected chi connectivity index (χ1v) is 5.13. The third kappa shape index (κ3) is 1.39. The van der Waals surface area contributed by atoms with Crippen LogP contribution in [-0.4, -0.2) is 0 Å². The lowest BCUT2D eigenvalue weighted by Gasteiger charge is -2.06. The summed E-state index contributed by atoms with van der Waals surface area (Å²) in [6.45, 7) is 2.02. The van der Waals surface area contributed by atoms with Crippen LogP contribution in [0.5, 0.6) is 0 Å². The minimum Gasteiger partial charge on any atom is -0.207 e. The summed E-state index contributed by atoms with van der Waals surface area (Å²) in [5.74, 6) is -0.565. The summed E-state index contributed by atoms with van der Waals surface area (Å²) in [5, 5.41) is 0. The number of fused-ring (bicyclic) bond motifs is 1. The van der Waals surface area contributed by atoms with Crippen LogP contribution < -0.4 is 0 Å². The van der Waals surface area contributed by atoms with Gasteiger partial charge in [-0.3, -0.25) is 0 Å². The standard InChI is InChI=1S/C10H9BrF2/c1-5-2-7-8(10(5)11)3-6(12)4-9(7)13/h3-5,10H,2H2,1H3. The van der Waals surface area contributed by atoms with Crippen LogP contribution in [0.3, 0.4) is 0 Å². The number of hydrogen-bond acceptors (Lipinski definition) is 0. The smallest absolute Gasteiger partial charge is 0.129 e. The van der Waals surface area contributed by atoms with E-state index >= 15 is 0 Å². The van der Waals surface area contributed by atoms with Crippen molar-refractivity contribution in [3.63, 3.8) is 0 Å². The molecule has 0 aromatic heterocycles. The zero-order valence-electron chi connectivity index (χ0n) is 7.15. The van der Waals surface area contributed by atoms with Crippen molar-refractivity contribution >= 4 is 15.9 Å². The van der Waals surface area contributed by atoms with E-state index in [2.05, 4.69) is 15.9 Å². The lowest BCUT2D eigenvalue weighted by atomic mass is 10.1. The van der Waals surface area contributed by atoms with Gasteiger partial charge in [0.25, 0.3) is 0 Å². The molecule has 0 spiro atoms. The van der Waals surface area contributed by atoms with Crippen LogP contribution in [-0.2, 0) is 6.42 Å². The Hall–Kier alpha value is -0.440. The van der Waals surface area contributed by atoms with Gasteiger partial charge in [0.05, 0.1) is 0 Å². The van der Waals surface area contributed by atoms with Gasteiger partial charge in [-0.2, -0.15) is 0 Å². The minimum absolute atomic E-state index is 0.0905. The molecule has 0 N–H and O–H groups in total. The maximum atomic E-state index is 13.2. The van der Waals surface area contributed by atoms with E-state index in [1.165, 1.54) is 6.07 Å². The van der Waals surface area contributed by atoms with E-state index in [-0.39, 0.29) is 4.83 Å². The Morgan fingerprint density at radius 3 is 2.77 bits per heavy atom. The third-order valence-corrected chi connectivity index (χ3v) is 3.91. The van der Waals surface area contributed by atoms with Crippen LogP contribution in [0.2, 0.25) is 0 Å². The van der Waals surface area contributed by atoms with Crippen molar-refractivity contribution in [2.75, 3.05) is 0 Å². The molecule has 1 aromatic carbocycles. The molecule has 13 heavy (non-hydrogen) atoms. The average molecular weight is 247 g/mol. The molecule has 3 heteroatoms. The Bertz CT molecular complexity index is 349. The van der Waals surface area contributed by atoms with Gasteiger partial charge in [0.15, 0.2) is 0 Å². The number of benzene rings is 1. The molecule has 1 aromatic rings. The van der Waals surface area contributed by atoms with Gasteiger partial charge in [0, 0.05) is 10.9 Å². The molecule has 0 bridgehead atoms. The first kappa shape index (κ1) is 9.13. The first-order valence-electron chi connectivity index (χ1n) is 4.21. The maximum absolute atomic E-state index is 13.2. The summed E-state index contributed by atoms with van der Waals surface area (Å²) >= 11 is 3.44. The monoisotopic (exact) mass is 246 g/mol. The van der Waals surface area contributed by atoms with Gasteiger partial charge in [-0.25, -0.2) is 8.78 Å². The van der Waals surface area contributed by atoms with Gasteiger partial charge < -0.3 is 0 Å². The van der Waals surface area contributed by atoms with Gasteiger partial charge in [-0.05, 0) is 29.5 Å². The molecule has 2 atom stereocenters. The summed E-state index contributed by atoms with van der Waals surface area (Å²) in [7, 11) is 0. The first-order chi connectivity index (χ1) is 6.09. The largest absolute Gasteiger partial charge is 0.207 e. The van der Waals surface area contributed by atoms with E-state index in [1.54, 1.807) is 0 Å². The van der Waals surface area contributed by atoms with Crippen LogP contribution >= 0.6 is 15.9 Å². The van der Waals surface area contributed by atoms with Crippen LogP contribution in [0.15, 0.2) is 12.1 Å². The molecule has 0 nitrogen and oxygen atoms in total. The highest BCUT2D eigenvalue weighted by Crippen LogP contribution is 2.43. The SMILES string of the molecule is CC1Cc2c(F)cc(F)cc2C1Br. The molecule has 0 saturated carbocycles. The van der Waals surface area contributed by atoms with E-state index in [0.717, 1.165) is 11.6 Å². The average Bonchev–Trinajstić information content (AvgIpc) is 2.32. The molecule has 2 unspecified atom stereocenters. The predicted molar refractivity (Wildman–Crippen MR) is 50.9 cm³/mol. The summed E-state index contributed by atoms with van der Waals surface area (Å²) in [4.78, 5) is 0.0905. The molecule has 1 aliphatic carbocycles. The summed E-state index contributed by atoms with van der Waals surface area (Å²) in [6, 6.07) is 2.37. The van der Waals surface area contributed by atoms with Crippen molar-refractivity contribution in [3.05, 3.63) is 34.9 Å². The number of hydrogen-bond donors (Lipinski definition) is 0. The Morgan fingerprint density at radius 1 is 1.38 bits per heavy atom. The van der Waals surface area contributed by atoms with Crippen molar-refractivity contribution < 1.29 is 8.78 Å². The summed E-state index contributed by atoms with van der Waals surface area (Å²) in [5.41, 5.74) is 1.43. The Kier molecular flexibility index (Phi) is 2.14. The van der Waals surface area contributed by atoms with Gasteiger partial charge in [-0.15, -0.1) is 0 Å². The molecule has 0 radical (unpaired) electrons. The summed E-state index contributed by atoms with van der Waals surface area (Å²) in [6.07, 6.45) is 0.692. The lowest BCUT2D eigenvalue weighted by Crippen LogP contribution is -1.94. The molecule has 2 rings (SSSR count). The van der Waals surface area contributed by atoms with E-state index in [0.29, 0.717) is 17.9 Å². The molecular weight excluding hydrogens is 238 g/mol. The van der Waals surface area contributed by atoms with Gasteiger partial charge in [0.2, 0.25) is 0 Å². The van der Waals surface area contributed by atoms with Crippen LogP contribution in [0.1, 0.15) is 22.9 Å². The van der Waals surface area contributed by atoms with Crippen LogP contribution in [0, 0.1) is 17.6 Å². The zero-order valence-corrected chi connectivity index (χ0v) is 8.74. The quantitative estimate of drug-likeness (QED) is 0.614. The molecule has 0 saturated heterocycles. The molecule has 0 aliphatic heterocycles. The molecular formula is C10H9BrF2. The Labute approximate surface area is 84.1 Å². The van der Waals surface area contributed by atoms with Crippen molar-refractivity contribution in [2.24, 2.45) is 5.92 Å². The van der Waals surface area contributed by atoms with Gasteiger partial charge in [-0.1, -0.05) is 22.9 Å². The number of halogens is 3. The van der Waals surface area contributed by atoms with Gasteiger partial charge >= 0.3 is 0 Å². The van der Waals surface area contributed by atoms with E-state index < -0.39 is 11.6 Å². The second-order valence-corrected chi connectivity index (χ2v) is 4.53.